The third-order valence-corrected chi connectivity index (χ3v) is 6.52. The van der Waals surface area contributed by atoms with Gasteiger partial charge in [0.1, 0.15) is 5.76 Å². The van der Waals surface area contributed by atoms with E-state index in [0.29, 0.717) is 23.7 Å². The summed E-state index contributed by atoms with van der Waals surface area (Å²) < 4.78 is 9.97. The van der Waals surface area contributed by atoms with Crippen molar-refractivity contribution in [3.63, 3.8) is 0 Å². The van der Waals surface area contributed by atoms with Crippen molar-refractivity contribution in [2.24, 2.45) is 0 Å². The molecule has 2 nitrogen and oxygen atoms in total. The van der Waals surface area contributed by atoms with Crippen molar-refractivity contribution in [3.8, 4) is 0 Å². The molecule has 0 saturated carbocycles. The van der Waals surface area contributed by atoms with Gasteiger partial charge in [-0.15, -0.1) is 11.3 Å². The Kier molecular flexibility index (Phi) is 13.7. The predicted octanol–water partition coefficient (Wildman–Crippen LogP) is 10.5. The highest BCUT2D eigenvalue weighted by molar-refractivity contribution is 7.10. The molecule has 4 heterocycles. The van der Waals surface area contributed by atoms with Gasteiger partial charge in [0.25, 0.3) is 0 Å². The zero-order chi connectivity index (χ0) is 23.9. The summed E-state index contributed by atoms with van der Waals surface area (Å²) >= 11 is 3.60. The molecule has 4 aromatic heterocycles. The molecule has 4 rings (SSSR count). The van der Waals surface area contributed by atoms with Crippen LogP contribution in [0.5, 0.6) is 0 Å². The minimum atomic E-state index is 0.519. The standard InChI is InChI=1S/2C7H10O.2C7H10S/c1-6(2)7-3-4-8-5-7;1-6(2)7-4-3-5-8-7;1-6(2)7-3-4-8-5-7;1-6(2)7-4-3-5-8-7/h4*3-6H,1-2H3. The lowest BCUT2D eigenvalue weighted by molar-refractivity contribution is 0.487. The SMILES string of the molecule is CC(C)c1ccco1.CC(C)c1cccs1.CC(C)c1ccoc1.CC(C)c1ccsc1. The van der Waals surface area contributed by atoms with Gasteiger partial charge >= 0.3 is 0 Å². The van der Waals surface area contributed by atoms with Crippen molar-refractivity contribution in [1.29, 1.82) is 0 Å². The van der Waals surface area contributed by atoms with Crippen molar-refractivity contribution < 1.29 is 8.83 Å². The summed E-state index contributed by atoms with van der Waals surface area (Å²) in [5.74, 6) is 3.57. The fourth-order valence-electron chi connectivity index (χ4n) is 2.45. The number of furan rings is 2. The largest absolute Gasteiger partial charge is 0.472 e. The summed E-state index contributed by atoms with van der Waals surface area (Å²) in [5.41, 5.74) is 2.72. The molecular formula is C28H40O2S2. The Labute approximate surface area is 203 Å². The van der Waals surface area contributed by atoms with Crippen LogP contribution in [-0.2, 0) is 0 Å². The van der Waals surface area contributed by atoms with Crippen LogP contribution in [0.2, 0.25) is 0 Å². The fourth-order valence-corrected chi connectivity index (χ4v) is 4.01. The van der Waals surface area contributed by atoms with Crippen LogP contribution in [0, 0.1) is 0 Å². The topological polar surface area (TPSA) is 26.3 Å². The molecule has 0 aliphatic heterocycles. The van der Waals surface area contributed by atoms with Gasteiger partial charge in [0.15, 0.2) is 0 Å². The zero-order valence-electron chi connectivity index (χ0n) is 20.9. The Morgan fingerprint density at radius 3 is 1.62 bits per heavy atom. The van der Waals surface area contributed by atoms with Crippen molar-refractivity contribution in [2.75, 3.05) is 0 Å². The molecule has 0 saturated heterocycles. The summed E-state index contributed by atoms with van der Waals surface area (Å²) in [4.78, 5) is 1.48. The number of hydrogen-bond acceptors (Lipinski definition) is 4. The summed E-state index contributed by atoms with van der Waals surface area (Å²) in [7, 11) is 0. The first-order valence-electron chi connectivity index (χ1n) is 11.3. The van der Waals surface area contributed by atoms with E-state index in [2.05, 4.69) is 89.7 Å². The summed E-state index contributed by atoms with van der Waals surface area (Å²) in [5, 5.41) is 6.44. The van der Waals surface area contributed by atoms with Crippen molar-refractivity contribution >= 4 is 22.7 Å². The van der Waals surface area contributed by atoms with Crippen LogP contribution < -0.4 is 0 Å². The van der Waals surface area contributed by atoms with Gasteiger partial charge in [-0.05, 0) is 75.4 Å². The maximum absolute atomic E-state index is 5.09. The summed E-state index contributed by atoms with van der Waals surface area (Å²) in [6, 6.07) is 12.3. The van der Waals surface area contributed by atoms with E-state index in [1.165, 1.54) is 16.0 Å². The molecule has 0 radical (unpaired) electrons. The lowest BCUT2D eigenvalue weighted by Gasteiger charge is -1.96. The van der Waals surface area contributed by atoms with Gasteiger partial charge in [0.05, 0.1) is 18.8 Å². The van der Waals surface area contributed by atoms with Crippen molar-refractivity contribution in [3.05, 3.63) is 93.1 Å². The highest BCUT2D eigenvalue weighted by Crippen LogP contribution is 2.19. The Hall–Kier alpha value is -2.04. The first-order chi connectivity index (χ1) is 15.2. The number of hydrogen-bond donors (Lipinski definition) is 0. The minimum absolute atomic E-state index is 0.519. The van der Waals surface area contributed by atoms with Crippen LogP contribution in [0.4, 0.5) is 0 Å². The van der Waals surface area contributed by atoms with Gasteiger partial charge < -0.3 is 8.83 Å². The molecule has 4 aromatic rings. The average Bonchev–Trinajstić information content (AvgIpc) is 3.56. The van der Waals surface area contributed by atoms with Gasteiger partial charge in [0.2, 0.25) is 0 Å². The van der Waals surface area contributed by atoms with Gasteiger partial charge in [-0.1, -0.05) is 61.5 Å². The van der Waals surface area contributed by atoms with E-state index >= 15 is 0 Å². The molecule has 0 amide bonds. The van der Waals surface area contributed by atoms with E-state index < -0.39 is 0 Å². The molecule has 0 aliphatic carbocycles. The number of rotatable bonds is 4. The van der Waals surface area contributed by atoms with Crippen molar-refractivity contribution in [1.82, 2.24) is 0 Å². The molecule has 0 spiro atoms. The average molecular weight is 473 g/mol. The Balaban J connectivity index is 0.000000213. The molecule has 0 atom stereocenters. The van der Waals surface area contributed by atoms with Crippen LogP contribution in [0.3, 0.4) is 0 Å². The highest BCUT2D eigenvalue weighted by Gasteiger charge is 1.98. The van der Waals surface area contributed by atoms with Gasteiger partial charge in [-0.3, -0.25) is 0 Å². The monoisotopic (exact) mass is 472 g/mol. The third kappa shape index (κ3) is 11.5. The molecule has 0 unspecified atom stereocenters. The molecule has 0 aromatic carbocycles. The fraction of sp³-hybridized carbons (Fsp3) is 0.429. The Morgan fingerprint density at radius 2 is 1.38 bits per heavy atom. The van der Waals surface area contributed by atoms with Crippen LogP contribution in [0.25, 0.3) is 0 Å². The number of thiophene rings is 2. The van der Waals surface area contributed by atoms with E-state index in [9.17, 15) is 0 Å². The maximum Gasteiger partial charge on any atom is 0.106 e. The van der Waals surface area contributed by atoms with Crippen LogP contribution in [-0.4, -0.2) is 0 Å². The molecule has 0 fully saturated rings. The first kappa shape index (κ1) is 28.0. The third-order valence-electron chi connectivity index (χ3n) is 4.64. The second-order valence-electron chi connectivity index (χ2n) is 8.76. The molecule has 0 N–H and O–H groups in total. The first-order valence-corrected chi connectivity index (χ1v) is 13.2. The second kappa shape index (κ2) is 15.7. The second-order valence-corrected chi connectivity index (χ2v) is 10.5. The smallest absolute Gasteiger partial charge is 0.106 e. The van der Waals surface area contributed by atoms with Gasteiger partial charge in [-0.2, -0.15) is 11.3 Å². The predicted molar refractivity (Wildman–Crippen MR) is 142 cm³/mol. The van der Waals surface area contributed by atoms with Crippen molar-refractivity contribution in [2.45, 2.75) is 79.1 Å². The Bertz CT molecular complexity index is 715. The summed E-state index contributed by atoms with van der Waals surface area (Å²) in [6.07, 6.45) is 5.19. The molecule has 0 aliphatic rings. The van der Waals surface area contributed by atoms with Gasteiger partial charge in [-0.25, -0.2) is 0 Å². The quantitative estimate of drug-likeness (QED) is 0.295. The van der Waals surface area contributed by atoms with Crippen LogP contribution in [0.15, 0.2) is 80.2 Å². The normalized spacial score (nSPS) is 10.4. The highest BCUT2D eigenvalue weighted by atomic mass is 32.1. The van der Waals surface area contributed by atoms with E-state index in [1.807, 2.05) is 29.5 Å². The Morgan fingerprint density at radius 1 is 0.656 bits per heavy atom. The van der Waals surface area contributed by atoms with E-state index in [-0.39, 0.29) is 0 Å². The van der Waals surface area contributed by atoms with Crippen LogP contribution >= 0.6 is 22.7 Å². The van der Waals surface area contributed by atoms with Crippen LogP contribution in [0.1, 0.15) is 101 Å². The van der Waals surface area contributed by atoms with E-state index in [0.717, 1.165) is 5.76 Å². The summed E-state index contributed by atoms with van der Waals surface area (Å²) in [6.45, 7) is 17.4. The lowest BCUT2D eigenvalue weighted by atomic mass is 10.1. The molecule has 0 bridgehead atoms. The van der Waals surface area contributed by atoms with Gasteiger partial charge in [0, 0.05) is 10.8 Å². The molecule has 4 heteroatoms. The van der Waals surface area contributed by atoms with E-state index in [1.54, 1.807) is 30.1 Å². The molecule has 176 valence electrons. The molecular weight excluding hydrogens is 432 g/mol. The lowest BCUT2D eigenvalue weighted by Crippen LogP contribution is -1.79. The van der Waals surface area contributed by atoms with E-state index in [4.69, 9.17) is 8.83 Å². The molecule has 32 heavy (non-hydrogen) atoms. The maximum atomic E-state index is 5.09. The zero-order valence-corrected chi connectivity index (χ0v) is 22.5. The minimum Gasteiger partial charge on any atom is -0.472 e.